The van der Waals surface area contributed by atoms with Crippen LogP contribution in [-0.4, -0.2) is 34.1 Å². The third kappa shape index (κ3) is 2.47. The Morgan fingerprint density at radius 3 is 3.33 bits per heavy atom. The van der Waals surface area contributed by atoms with Crippen LogP contribution in [0.15, 0.2) is 12.4 Å². The molecular weight excluding hydrogens is 196 g/mol. The fourth-order valence-corrected chi connectivity index (χ4v) is 1.71. The quantitative estimate of drug-likeness (QED) is 0.665. The van der Waals surface area contributed by atoms with Gasteiger partial charge in [0.05, 0.1) is 12.2 Å². The molecule has 82 valence electrons. The Bertz CT molecular complexity index is 344. The normalized spacial score (nSPS) is 20.4. The van der Waals surface area contributed by atoms with Crippen molar-refractivity contribution in [2.75, 3.05) is 13.1 Å². The highest BCUT2D eigenvalue weighted by molar-refractivity contribution is 5.64. The molecule has 0 aliphatic carbocycles. The van der Waals surface area contributed by atoms with E-state index in [0.29, 0.717) is 12.6 Å². The number of aromatic nitrogens is 2. The van der Waals surface area contributed by atoms with E-state index in [9.17, 15) is 4.79 Å². The molecule has 2 rings (SSSR count). The van der Waals surface area contributed by atoms with Crippen LogP contribution in [0.4, 0.5) is 4.79 Å². The molecule has 15 heavy (non-hydrogen) atoms. The van der Waals surface area contributed by atoms with Gasteiger partial charge in [0, 0.05) is 24.8 Å². The molecule has 2 heterocycles. The van der Waals surface area contributed by atoms with Gasteiger partial charge >= 0.3 is 6.09 Å². The number of carbonyl (C=O) groups is 1. The molecule has 0 spiro atoms. The fraction of sp³-hybridized carbons (Fsp3) is 0.556. The van der Waals surface area contributed by atoms with Crippen molar-refractivity contribution in [3.8, 4) is 0 Å². The number of carboxylic acid groups (broad SMARTS) is 1. The highest BCUT2D eigenvalue weighted by atomic mass is 16.4. The summed E-state index contributed by atoms with van der Waals surface area (Å²) in [6.45, 7) is 2.27. The molecule has 0 bridgehead atoms. The summed E-state index contributed by atoms with van der Waals surface area (Å²) in [7, 11) is 0. The second-order valence-electron chi connectivity index (χ2n) is 3.63. The molecule has 0 aromatic carbocycles. The van der Waals surface area contributed by atoms with Crippen LogP contribution in [0.25, 0.3) is 0 Å². The minimum atomic E-state index is -1.01. The third-order valence-electron chi connectivity index (χ3n) is 2.51. The summed E-state index contributed by atoms with van der Waals surface area (Å²) < 4.78 is 1.90. The first-order chi connectivity index (χ1) is 7.25. The van der Waals surface area contributed by atoms with Crippen molar-refractivity contribution in [2.24, 2.45) is 0 Å². The number of rotatable bonds is 3. The van der Waals surface area contributed by atoms with Gasteiger partial charge in [-0.15, -0.1) is 0 Å². The van der Waals surface area contributed by atoms with Crippen LogP contribution in [0.2, 0.25) is 0 Å². The molecule has 6 heteroatoms. The summed E-state index contributed by atoms with van der Waals surface area (Å²) in [5, 5.41) is 18.2. The lowest BCUT2D eigenvalue weighted by atomic mass is 10.3. The van der Waals surface area contributed by atoms with Gasteiger partial charge in [0.2, 0.25) is 0 Å². The van der Waals surface area contributed by atoms with E-state index < -0.39 is 6.09 Å². The average molecular weight is 210 g/mol. The molecule has 1 unspecified atom stereocenters. The van der Waals surface area contributed by atoms with Gasteiger partial charge in [-0.3, -0.25) is 4.68 Å². The topological polar surface area (TPSA) is 79.2 Å². The maximum atomic E-state index is 10.3. The number of amides is 1. The average Bonchev–Trinajstić information content (AvgIpc) is 2.85. The molecule has 1 fully saturated rings. The van der Waals surface area contributed by atoms with E-state index in [0.717, 1.165) is 25.1 Å². The maximum absolute atomic E-state index is 10.3. The monoisotopic (exact) mass is 210 g/mol. The summed E-state index contributed by atoms with van der Waals surface area (Å²) in [6, 6.07) is 0.406. The van der Waals surface area contributed by atoms with Crippen molar-refractivity contribution in [1.82, 2.24) is 20.4 Å². The number of nitrogens with zero attached hydrogens (tertiary/aromatic N) is 2. The lowest BCUT2D eigenvalue weighted by Crippen LogP contribution is -2.19. The molecule has 0 radical (unpaired) electrons. The van der Waals surface area contributed by atoms with E-state index in [4.69, 9.17) is 5.11 Å². The fourth-order valence-electron chi connectivity index (χ4n) is 1.71. The van der Waals surface area contributed by atoms with Crippen molar-refractivity contribution in [3.63, 3.8) is 0 Å². The van der Waals surface area contributed by atoms with Crippen molar-refractivity contribution in [2.45, 2.75) is 19.0 Å². The molecule has 1 aliphatic heterocycles. The smallest absolute Gasteiger partial charge is 0.404 e. The SMILES string of the molecule is O=C(O)NCc1cnn(C2CCNC2)c1. The van der Waals surface area contributed by atoms with E-state index >= 15 is 0 Å². The summed E-state index contributed by atoms with van der Waals surface area (Å²) in [5.41, 5.74) is 0.893. The van der Waals surface area contributed by atoms with Gasteiger partial charge in [0.15, 0.2) is 0 Å². The van der Waals surface area contributed by atoms with Crippen LogP contribution in [0.1, 0.15) is 18.0 Å². The Hall–Kier alpha value is -1.56. The molecule has 1 aliphatic rings. The van der Waals surface area contributed by atoms with Crippen LogP contribution >= 0.6 is 0 Å². The van der Waals surface area contributed by atoms with Crippen LogP contribution in [0.5, 0.6) is 0 Å². The zero-order valence-electron chi connectivity index (χ0n) is 8.31. The van der Waals surface area contributed by atoms with Gasteiger partial charge in [-0.05, 0) is 13.0 Å². The molecule has 1 amide bonds. The largest absolute Gasteiger partial charge is 0.465 e. The van der Waals surface area contributed by atoms with E-state index in [1.807, 2.05) is 10.9 Å². The minimum Gasteiger partial charge on any atom is -0.465 e. The number of nitrogens with one attached hydrogen (secondary N) is 2. The second kappa shape index (κ2) is 4.31. The van der Waals surface area contributed by atoms with E-state index in [1.165, 1.54) is 0 Å². The van der Waals surface area contributed by atoms with Gasteiger partial charge in [-0.1, -0.05) is 0 Å². The van der Waals surface area contributed by atoms with Crippen molar-refractivity contribution < 1.29 is 9.90 Å². The standard InChI is InChI=1S/C9H14N4O2/c14-9(15)11-3-7-4-12-13(6-7)8-1-2-10-5-8/h4,6,8,10-11H,1-3,5H2,(H,14,15). The van der Waals surface area contributed by atoms with Gasteiger partial charge in [0.1, 0.15) is 0 Å². The molecule has 0 saturated carbocycles. The van der Waals surface area contributed by atoms with E-state index in [-0.39, 0.29) is 0 Å². The summed E-state index contributed by atoms with van der Waals surface area (Å²) in [5.74, 6) is 0. The van der Waals surface area contributed by atoms with Gasteiger partial charge in [0.25, 0.3) is 0 Å². The Morgan fingerprint density at radius 1 is 1.80 bits per heavy atom. The van der Waals surface area contributed by atoms with Crippen LogP contribution < -0.4 is 10.6 Å². The number of hydrogen-bond acceptors (Lipinski definition) is 3. The maximum Gasteiger partial charge on any atom is 0.404 e. The summed E-state index contributed by atoms with van der Waals surface area (Å²) >= 11 is 0. The van der Waals surface area contributed by atoms with Gasteiger partial charge in [-0.25, -0.2) is 4.79 Å². The summed E-state index contributed by atoms with van der Waals surface area (Å²) in [4.78, 5) is 10.3. The first kappa shape index (κ1) is 9.97. The lowest BCUT2D eigenvalue weighted by Gasteiger charge is -2.07. The number of hydrogen-bond donors (Lipinski definition) is 3. The highest BCUT2D eigenvalue weighted by Gasteiger charge is 2.16. The second-order valence-corrected chi connectivity index (χ2v) is 3.63. The first-order valence-corrected chi connectivity index (χ1v) is 4.96. The Labute approximate surface area is 87.3 Å². The Kier molecular flexibility index (Phi) is 2.86. The van der Waals surface area contributed by atoms with Crippen LogP contribution in [0, 0.1) is 0 Å². The predicted molar refractivity (Wildman–Crippen MR) is 53.6 cm³/mol. The lowest BCUT2D eigenvalue weighted by molar-refractivity contribution is 0.194. The molecule has 1 atom stereocenters. The molecule has 1 aromatic rings. The Balaban J connectivity index is 1.94. The van der Waals surface area contributed by atoms with Crippen LogP contribution in [0.3, 0.4) is 0 Å². The molecule has 1 saturated heterocycles. The van der Waals surface area contributed by atoms with Crippen molar-refractivity contribution in [3.05, 3.63) is 18.0 Å². The van der Waals surface area contributed by atoms with Gasteiger partial charge < -0.3 is 15.7 Å². The minimum absolute atomic E-state index is 0.315. The van der Waals surface area contributed by atoms with Gasteiger partial charge in [-0.2, -0.15) is 5.10 Å². The van der Waals surface area contributed by atoms with E-state index in [2.05, 4.69) is 15.7 Å². The molecule has 3 N–H and O–H groups in total. The van der Waals surface area contributed by atoms with Crippen molar-refractivity contribution in [1.29, 1.82) is 0 Å². The molecule has 1 aromatic heterocycles. The zero-order valence-corrected chi connectivity index (χ0v) is 8.31. The predicted octanol–water partition coefficient (Wildman–Crippen LogP) is 0.185. The zero-order chi connectivity index (χ0) is 10.7. The van der Waals surface area contributed by atoms with E-state index in [1.54, 1.807) is 6.20 Å². The summed E-state index contributed by atoms with van der Waals surface area (Å²) in [6.07, 6.45) is 3.67. The van der Waals surface area contributed by atoms with Crippen LogP contribution in [-0.2, 0) is 6.54 Å². The molecular formula is C9H14N4O2. The van der Waals surface area contributed by atoms with Crippen molar-refractivity contribution >= 4 is 6.09 Å². The third-order valence-corrected chi connectivity index (χ3v) is 2.51. The first-order valence-electron chi connectivity index (χ1n) is 4.96. The Morgan fingerprint density at radius 2 is 2.67 bits per heavy atom. The molecule has 6 nitrogen and oxygen atoms in total. The highest BCUT2D eigenvalue weighted by Crippen LogP contribution is 2.14.